The van der Waals surface area contributed by atoms with Gasteiger partial charge in [0.05, 0.1) is 12.2 Å². The Morgan fingerprint density at radius 1 is 1.32 bits per heavy atom. The second-order valence-corrected chi connectivity index (χ2v) is 5.36. The number of anilines is 1. The predicted molar refractivity (Wildman–Crippen MR) is 78.6 cm³/mol. The first-order valence-electron chi connectivity index (χ1n) is 7.17. The van der Waals surface area contributed by atoms with Crippen LogP contribution in [0.3, 0.4) is 0 Å². The number of pyridine rings is 1. The molecule has 0 spiro atoms. The van der Waals surface area contributed by atoms with Crippen molar-refractivity contribution in [3.8, 4) is 0 Å². The molecule has 0 aromatic carbocycles. The maximum Gasteiger partial charge on any atom is 0.128 e. The number of nitrogens with zero attached hydrogens (tertiary/aromatic N) is 2. The van der Waals surface area contributed by atoms with Crippen LogP contribution in [-0.4, -0.2) is 36.8 Å². The summed E-state index contributed by atoms with van der Waals surface area (Å²) in [5.74, 6) is 1.07. The largest absolute Gasteiger partial charge is 0.372 e. The Kier molecular flexibility index (Phi) is 4.77. The fourth-order valence-corrected chi connectivity index (χ4v) is 2.56. The quantitative estimate of drug-likeness (QED) is 0.903. The molecule has 1 aromatic rings. The van der Waals surface area contributed by atoms with Crippen LogP contribution in [0.5, 0.6) is 0 Å². The summed E-state index contributed by atoms with van der Waals surface area (Å²) in [5.41, 5.74) is 2.39. The van der Waals surface area contributed by atoms with E-state index in [1.807, 2.05) is 0 Å². The van der Waals surface area contributed by atoms with Gasteiger partial charge in [0.25, 0.3) is 0 Å². The van der Waals surface area contributed by atoms with Gasteiger partial charge in [0.2, 0.25) is 0 Å². The predicted octanol–water partition coefficient (Wildman–Crippen LogP) is 2.11. The van der Waals surface area contributed by atoms with Gasteiger partial charge in [-0.15, -0.1) is 0 Å². The molecule has 0 unspecified atom stereocenters. The van der Waals surface area contributed by atoms with Gasteiger partial charge in [-0.05, 0) is 38.9 Å². The number of hydrogen-bond acceptors (Lipinski definition) is 4. The van der Waals surface area contributed by atoms with Gasteiger partial charge in [0, 0.05) is 25.3 Å². The molecule has 1 fully saturated rings. The van der Waals surface area contributed by atoms with E-state index in [-0.39, 0.29) is 12.2 Å². The van der Waals surface area contributed by atoms with Crippen molar-refractivity contribution in [2.75, 3.05) is 24.5 Å². The maximum atomic E-state index is 5.77. The van der Waals surface area contributed by atoms with Crippen molar-refractivity contribution in [1.82, 2.24) is 10.3 Å². The van der Waals surface area contributed by atoms with Crippen molar-refractivity contribution >= 4 is 5.82 Å². The molecule has 19 heavy (non-hydrogen) atoms. The SMILES string of the molecule is CCNCc1ccc(N2C[C@@H](C)O[C@@H](C)C2)nc1C. The van der Waals surface area contributed by atoms with E-state index in [0.29, 0.717) is 0 Å². The fourth-order valence-electron chi connectivity index (χ4n) is 2.56. The zero-order chi connectivity index (χ0) is 13.8. The molecule has 4 heteroatoms. The van der Waals surface area contributed by atoms with Gasteiger partial charge in [-0.1, -0.05) is 13.0 Å². The highest BCUT2D eigenvalue weighted by atomic mass is 16.5. The number of hydrogen-bond donors (Lipinski definition) is 1. The minimum atomic E-state index is 0.271. The summed E-state index contributed by atoms with van der Waals surface area (Å²) in [5, 5.41) is 3.34. The topological polar surface area (TPSA) is 37.4 Å². The van der Waals surface area contributed by atoms with Crippen LogP contribution in [0.1, 0.15) is 32.0 Å². The lowest BCUT2D eigenvalue weighted by Crippen LogP contribution is -2.45. The van der Waals surface area contributed by atoms with Crippen LogP contribution in [0.25, 0.3) is 0 Å². The average Bonchev–Trinajstić information content (AvgIpc) is 2.36. The Labute approximate surface area is 116 Å². The number of aryl methyl sites for hydroxylation is 1. The lowest BCUT2D eigenvalue weighted by Gasteiger charge is -2.36. The smallest absolute Gasteiger partial charge is 0.128 e. The number of nitrogens with one attached hydrogen (secondary N) is 1. The molecule has 0 radical (unpaired) electrons. The van der Waals surface area contributed by atoms with Crippen LogP contribution >= 0.6 is 0 Å². The third-order valence-corrected chi connectivity index (χ3v) is 3.49. The first-order valence-corrected chi connectivity index (χ1v) is 7.17. The average molecular weight is 263 g/mol. The van der Waals surface area contributed by atoms with Crippen LogP contribution in [0.4, 0.5) is 5.82 Å². The highest BCUT2D eigenvalue weighted by Gasteiger charge is 2.23. The van der Waals surface area contributed by atoms with Crippen molar-refractivity contribution in [2.45, 2.75) is 46.4 Å². The molecular formula is C15H25N3O. The van der Waals surface area contributed by atoms with Gasteiger partial charge >= 0.3 is 0 Å². The molecule has 0 aliphatic carbocycles. The monoisotopic (exact) mass is 263 g/mol. The van der Waals surface area contributed by atoms with Crippen molar-refractivity contribution in [2.24, 2.45) is 0 Å². The summed E-state index contributed by atoms with van der Waals surface area (Å²) >= 11 is 0. The second kappa shape index (κ2) is 6.35. The number of rotatable bonds is 4. The van der Waals surface area contributed by atoms with E-state index in [0.717, 1.165) is 37.7 Å². The fraction of sp³-hybridized carbons (Fsp3) is 0.667. The first kappa shape index (κ1) is 14.3. The normalized spacial score (nSPS) is 23.7. The summed E-state index contributed by atoms with van der Waals surface area (Å²) in [6.07, 6.45) is 0.541. The van der Waals surface area contributed by atoms with Gasteiger partial charge in [-0.3, -0.25) is 0 Å². The van der Waals surface area contributed by atoms with Crippen LogP contribution in [0.15, 0.2) is 12.1 Å². The van der Waals surface area contributed by atoms with E-state index < -0.39 is 0 Å². The molecule has 2 rings (SSSR count). The molecule has 1 N–H and O–H groups in total. The van der Waals surface area contributed by atoms with Crippen LogP contribution < -0.4 is 10.2 Å². The third-order valence-electron chi connectivity index (χ3n) is 3.49. The molecule has 106 valence electrons. The Hall–Kier alpha value is -1.13. The molecule has 1 saturated heterocycles. The molecule has 1 aliphatic heterocycles. The second-order valence-electron chi connectivity index (χ2n) is 5.36. The van der Waals surface area contributed by atoms with Crippen LogP contribution in [0, 0.1) is 6.92 Å². The summed E-state index contributed by atoms with van der Waals surface area (Å²) in [7, 11) is 0. The summed E-state index contributed by atoms with van der Waals surface area (Å²) in [4.78, 5) is 7.07. The molecule has 0 saturated carbocycles. The van der Waals surface area contributed by atoms with E-state index in [1.165, 1.54) is 5.56 Å². The Balaban J connectivity index is 2.10. The molecule has 0 bridgehead atoms. The highest BCUT2D eigenvalue weighted by Crippen LogP contribution is 2.20. The number of aromatic nitrogens is 1. The van der Waals surface area contributed by atoms with Gasteiger partial charge in [0.15, 0.2) is 0 Å². The molecule has 0 amide bonds. The third kappa shape index (κ3) is 3.67. The zero-order valence-corrected chi connectivity index (χ0v) is 12.4. The molecule has 1 aliphatic rings. The van der Waals surface area contributed by atoms with Crippen molar-refractivity contribution in [1.29, 1.82) is 0 Å². The highest BCUT2D eigenvalue weighted by molar-refractivity contribution is 5.42. The minimum absolute atomic E-state index is 0.271. The zero-order valence-electron chi connectivity index (χ0n) is 12.4. The van der Waals surface area contributed by atoms with Crippen LogP contribution in [0.2, 0.25) is 0 Å². The molecule has 2 atom stereocenters. The number of morpholine rings is 1. The maximum absolute atomic E-state index is 5.77. The van der Waals surface area contributed by atoms with Crippen LogP contribution in [-0.2, 0) is 11.3 Å². The lowest BCUT2D eigenvalue weighted by atomic mass is 10.2. The molecular weight excluding hydrogens is 238 g/mol. The number of ether oxygens (including phenoxy) is 1. The van der Waals surface area contributed by atoms with Crippen molar-refractivity contribution in [3.63, 3.8) is 0 Å². The molecule has 2 heterocycles. The minimum Gasteiger partial charge on any atom is -0.372 e. The van der Waals surface area contributed by atoms with E-state index in [4.69, 9.17) is 9.72 Å². The van der Waals surface area contributed by atoms with Gasteiger partial charge < -0.3 is 15.0 Å². The van der Waals surface area contributed by atoms with Gasteiger partial charge in [0.1, 0.15) is 5.82 Å². The molecule has 1 aromatic heterocycles. The summed E-state index contributed by atoms with van der Waals surface area (Å²) in [6, 6.07) is 4.32. The standard InChI is InChI=1S/C15H25N3O/c1-5-16-8-14-6-7-15(17-13(14)4)18-9-11(2)19-12(3)10-18/h6-7,11-12,16H,5,8-10H2,1-4H3/t11-,12+. The Morgan fingerprint density at radius 2 is 2.00 bits per heavy atom. The Bertz CT molecular complexity index is 412. The van der Waals surface area contributed by atoms with E-state index in [9.17, 15) is 0 Å². The molecule has 4 nitrogen and oxygen atoms in total. The summed E-state index contributed by atoms with van der Waals surface area (Å²) in [6.45, 7) is 12.2. The van der Waals surface area contributed by atoms with Gasteiger partial charge in [-0.25, -0.2) is 4.98 Å². The van der Waals surface area contributed by atoms with Gasteiger partial charge in [-0.2, -0.15) is 0 Å². The van der Waals surface area contributed by atoms with Crippen molar-refractivity contribution < 1.29 is 4.74 Å². The van der Waals surface area contributed by atoms with E-state index >= 15 is 0 Å². The first-order chi connectivity index (χ1) is 9.10. The van der Waals surface area contributed by atoms with E-state index in [2.05, 4.69) is 50.0 Å². The Morgan fingerprint density at radius 3 is 2.58 bits per heavy atom. The summed E-state index contributed by atoms with van der Waals surface area (Å²) < 4.78 is 5.77. The van der Waals surface area contributed by atoms with E-state index in [1.54, 1.807) is 0 Å². The lowest BCUT2D eigenvalue weighted by molar-refractivity contribution is -0.00546. The van der Waals surface area contributed by atoms with Crippen molar-refractivity contribution in [3.05, 3.63) is 23.4 Å².